The first-order valence-corrected chi connectivity index (χ1v) is 7.67. The Hall–Kier alpha value is -3.20. The fraction of sp³-hybridized carbons (Fsp3) is 0.125. The molecule has 0 aliphatic heterocycles. The predicted octanol–water partition coefficient (Wildman–Crippen LogP) is 2.08. The lowest BCUT2D eigenvalue weighted by atomic mass is 10.2. The summed E-state index contributed by atoms with van der Waals surface area (Å²) >= 11 is 5.85. The molecular weight excluding hydrogens is 367 g/mol. The Morgan fingerprint density at radius 2 is 2.08 bits per heavy atom. The van der Waals surface area contributed by atoms with Gasteiger partial charge in [-0.3, -0.25) is 4.79 Å². The summed E-state index contributed by atoms with van der Waals surface area (Å²) in [5.74, 6) is -1.57. The van der Waals surface area contributed by atoms with Crippen LogP contribution in [0.4, 0.5) is 10.1 Å². The van der Waals surface area contributed by atoms with E-state index in [4.69, 9.17) is 16.4 Å². The maximum absolute atomic E-state index is 13.0. The number of methoxy groups -OCH3 is 1. The lowest BCUT2D eigenvalue weighted by molar-refractivity contribution is -0.121. The highest BCUT2D eigenvalue weighted by Gasteiger charge is 2.13. The maximum atomic E-state index is 13.0. The van der Waals surface area contributed by atoms with Crippen LogP contribution in [0, 0.1) is 5.82 Å². The number of benzene rings is 2. The number of hydrogen-bond acceptors (Lipinski definition) is 6. The van der Waals surface area contributed by atoms with Crippen molar-refractivity contribution in [1.82, 2.24) is 15.2 Å². The van der Waals surface area contributed by atoms with Gasteiger partial charge in [-0.25, -0.2) is 9.18 Å². The van der Waals surface area contributed by atoms with E-state index in [1.54, 1.807) is 6.07 Å². The van der Waals surface area contributed by atoms with Gasteiger partial charge in [-0.1, -0.05) is 16.4 Å². The molecule has 3 aromatic rings. The largest absolute Gasteiger partial charge is 0.465 e. The van der Waals surface area contributed by atoms with Gasteiger partial charge in [0.25, 0.3) is 5.91 Å². The first-order valence-electron chi connectivity index (χ1n) is 7.30. The zero-order chi connectivity index (χ0) is 18.7. The number of esters is 1. The summed E-state index contributed by atoms with van der Waals surface area (Å²) in [5.41, 5.74) is 1.40. The Bertz CT molecular complexity index is 992. The van der Waals surface area contributed by atoms with Crippen molar-refractivity contribution in [1.29, 1.82) is 0 Å². The molecule has 0 spiro atoms. The molecule has 0 radical (unpaired) electrons. The Kier molecular flexibility index (Phi) is 4.99. The molecule has 1 heterocycles. The molecule has 8 nitrogen and oxygen atoms in total. The van der Waals surface area contributed by atoms with Gasteiger partial charge >= 0.3 is 5.97 Å². The highest BCUT2D eigenvalue weighted by atomic mass is 35.5. The van der Waals surface area contributed by atoms with Crippen molar-refractivity contribution in [2.45, 2.75) is 0 Å². The number of carbonyl (C=O) groups is 2. The smallest absolute Gasteiger partial charge is 0.337 e. The fourth-order valence-corrected chi connectivity index (χ4v) is 2.35. The second kappa shape index (κ2) is 7.36. The van der Waals surface area contributed by atoms with Crippen molar-refractivity contribution < 1.29 is 23.6 Å². The molecule has 0 aliphatic rings. The van der Waals surface area contributed by atoms with Crippen LogP contribution in [-0.4, -0.2) is 40.8 Å². The molecule has 134 valence electrons. The summed E-state index contributed by atoms with van der Waals surface area (Å²) < 4.78 is 17.7. The normalized spacial score (nSPS) is 10.6. The van der Waals surface area contributed by atoms with E-state index < -0.39 is 24.3 Å². The van der Waals surface area contributed by atoms with E-state index in [2.05, 4.69) is 20.4 Å². The van der Waals surface area contributed by atoms with Crippen LogP contribution >= 0.6 is 11.6 Å². The van der Waals surface area contributed by atoms with E-state index in [1.165, 1.54) is 31.4 Å². The van der Waals surface area contributed by atoms with Gasteiger partial charge in [-0.2, -0.15) is 0 Å². The average Bonchev–Trinajstić information content (AvgIpc) is 3.04. The molecule has 0 saturated heterocycles. The Morgan fingerprint density at radius 3 is 2.81 bits per heavy atom. The van der Waals surface area contributed by atoms with Crippen LogP contribution in [-0.2, 0) is 9.53 Å². The van der Waals surface area contributed by atoms with Crippen molar-refractivity contribution in [2.75, 3.05) is 19.0 Å². The molecule has 0 bridgehead atoms. The summed E-state index contributed by atoms with van der Waals surface area (Å²) in [6.45, 7) is -0.408. The van der Waals surface area contributed by atoms with E-state index in [-0.39, 0.29) is 16.3 Å². The number of aromatic nitrogens is 3. The molecular formula is C16H12ClFN4O4. The number of carbonyl (C=O) groups excluding carboxylic acids is 2. The molecule has 1 N–H and O–H groups in total. The van der Waals surface area contributed by atoms with Crippen LogP contribution in [0.5, 0.6) is 0 Å². The number of fused-ring (bicyclic) bond motifs is 1. The van der Waals surface area contributed by atoms with Gasteiger partial charge < -0.3 is 14.9 Å². The average molecular weight is 379 g/mol. The minimum absolute atomic E-state index is 0.0623. The third-order valence-electron chi connectivity index (χ3n) is 3.36. The summed E-state index contributed by atoms with van der Waals surface area (Å²) in [5, 5.41) is 10.2. The van der Waals surface area contributed by atoms with Crippen LogP contribution in [0.1, 0.15) is 10.4 Å². The van der Waals surface area contributed by atoms with Gasteiger partial charge in [0.15, 0.2) is 6.61 Å². The molecule has 1 amide bonds. The van der Waals surface area contributed by atoms with Crippen LogP contribution in [0.15, 0.2) is 36.4 Å². The number of nitrogens with zero attached hydrogens (tertiary/aromatic N) is 3. The third kappa shape index (κ3) is 3.72. The van der Waals surface area contributed by atoms with Crippen LogP contribution in [0.25, 0.3) is 11.0 Å². The summed E-state index contributed by atoms with van der Waals surface area (Å²) in [7, 11) is 1.27. The molecule has 3 rings (SSSR count). The minimum atomic E-state index is -0.536. The minimum Gasteiger partial charge on any atom is -0.465 e. The number of amides is 1. The molecule has 26 heavy (non-hydrogen) atoms. The zero-order valence-corrected chi connectivity index (χ0v) is 14.2. The van der Waals surface area contributed by atoms with Gasteiger partial charge in [-0.05, 0) is 41.6 Å². The van der Waals surface area contributed by atoms with E-state index in [0.29, 0.717) is 11.0 Å². The quantitative estimate of drug-likeness (QED) is 0.683. The summed E-state index contributed by atoms with van der Waals surface area (Å²) in [6, 6.07) is 8.18. The van der Waals surface area contributed by atoms with Crippen molar-refractivity contribution in [3.63, 3.8) is 0 Å². The zero-order valence-electron chi connectivity index (χ0n) is 13.4. The molecule has 10 heteroatoms. The Labute approximate surface area is 151 Å². The van der Waals surface area contributed by atoms with Crippen LogP contribution in [0.3, 0.4) is 0 Å². The van der Waals surface area contributed by atoms with Crippen molar-refractivity contribution in [3.8, 4) is 0 Å². The molecule has 0 atom stereocenters. The lowest BCUT2D eigenvalue weighted by Gasteiger charge is -2.08. The number of hydrogen-bond donors (Lipinski definition) is 1. The van der Waals surface area contributed by atoms with Crippen molar-refractivity contribution in [2.24, 2.45) is 0 Å². The van der Waals surface area contributed by atoms with Gasteiger partial charge in [0.2, 0.25) is 0 Å². The maximum Gasteiger partial charge on any atom is 0.337 e. The van der Waals surface area contributed by atoms with E-state index in [1.807, 2.05) is 0 Å². The monoisotopic (exact) mass is 378 g/mol. The van der Waals surface area contributed by atoms with E-state index in [9.17, 15) is 14.0 Å². The third-order valence-corrected chi connectivity index (χ3v) is 3.67. The van der Waals surface area contributed by atoms with E-state index in [0.717, 1.165) is 10.9 Å². The predicted molar refractivity (Wildman–Crippen MR) is 90.4 cm³/mol. The number of rotatable bonds is 5. The molecule has 2 aromatic carbocycles. The first-order chi connectivity index (χ1) is 12.5. The van der Waals surface area contributed by atoms with Gasteiger partial charge in [-0.15, -0.1) is 5.10 Å². The Balaban J connectivity index is 1.70. The molecule has 0 aliphatic carbocycles. The fourth-order valence-electron chi connectivity index (χ4n) is 2.14. The van der Waals surface area contributed by atoms with Crippen LogP contribution in [0.2, 0.25) is 5.02 Å². The van der Waals surface area contributed by atoms with Crippen LogP contribution < -0.4 is 10.2 Å². The second-order valence-electron chi connectivity index (χ2n) is 5.10. The van der Waals surface area contributed by atoms with Crippen molar-refractivity contribution >= 4 is 40.2 Å². The molecule has 0 saturated carbocycles. The molecule has 0 fully saturated rings. The van der Waals surface area contributed by atoms with Gasteiger partial charge in [0.05, 0.1) is 23.4 Å². The SMILES string of the molecule is COC(=O)c1ccc2nnn(OCC(=O)Nc3ccc(F)cc3Cl)c2c1. The number of nitrogens with one attached hydrogen (secondary N) is 1. The highest BCUT2D eigenvalue weighted by Crippen LogP contribution is 2.22. The highest BCUT2D eigenvalue weighted by molar-refractivity contribution is 6.33. The van der Waals surface area contributed by atoms with Crippen molar-refractivity contribution in [3.05, 3.63) is 52.8 Å². The topological polar surface area (TPSA) is 95.3 Å². The number of ether oxygens (including phenoxy) is 1. The standard InChI is InChI=1S/C16H12ClFN4O4/c1-25-16(24)9-2-4-13-14(6-9)22(21-20-13)26-8-15(23)19-12-5-3-10(18)7-11(12)17/h2-7H,8H2,1H3,(H,19,23). The molecule has 1 aromatic heterocycles. The summed E-state index contributed by atoms with van der Waals surface area (Å²) in [4.78, 5) is 29.9. The second-order valence-corrected chi connectivity index (χ2v) is 5.51. The van der Waals surface area contributed by atoms with Gasteiger partial charge in [0, 0.05) is 0 Å². The lowest BCUT2D eigenvalue weighted by Crippen LogP contribution is -2.26. The Morgan fingerprint density at radius 1 is 1.27 bits per heavy atom. The number of anilines is 1. The summed E-state index contributed by atoms with van der Waals surface area (Å²) in [6.07, 6.45) is 0. The molecule has 0 unspecified atom stereocenters. The van der Waals surface area contributed by atoms with E-state index >= 15 is 0 Å². The van der Waals surface area contributed by atoms with Gasteiger partial charge in [0.1, 0.15) is 16.9 Å². The number of halogens is 2. The first kappa shape index (κ1) is 17.6.